The first-order valence-corrected chi connectivity index (χ1v) is 7.79. The molecule has 0 N–H and O–H groups in total. The summed E-state index contributed by atoms with van der Waals surface area (Å²) in [6.07, 6.45) is -1.27. The fourth-order valence-corrected chi connectivity index (χ4v) is 2.25. The van der Waals surface area contributed by atoms with Crippen molar-refractivity contribution in [3.63, 3.8) is 0 Å². The van der Waals surface area contributed by atoms with Crippen LogP contribution in [0.2, 0.25) is 0 Å². The molecular weight excluding hydrogens is 337 g/mol. The fourth-order valence-electron chi connectivity index (χ4n) is 2.25. The summed E-state index contributed by atoms with van der Waals surface area (Å²) in [4.78, 5) is 17.5. The lowest BCUT2D eigenvalue weighted by molar-refractivity contribution is -0.137. The summed E-state index contributed by atoms with van der Waals surface area (Å²) in [5.74, 6) is 0. The molecule has 0 bridgehead atoms. The maximum absolute atomic E-state index is 12.2. The minimum Gasteiger partial charge on any atom is -0.449 e. The molecule has 25 heavy (non-hydrogen) atoms. The molecule has 0 atom stereocenters. The van der Waals surface area contributed by atoms with E-state index in [2.05, 4.69) is 10.1 Å². The van der Waals surface area contributed by atoms with Gasteiger partial charge >= 0.3 is 12.3 Å². The molecule has 0 aliphatic heterocycles. The highest BCUT2D eigenvalue weighted by Gasteiger charge is 2.27. The van der Waals surface area contributed by atoms with Crippen LogP contribution in [0.5, 0.6) is 0 Å². The van der Waals surface area contributed by atoms with Gasteiger partial charge in [-0.05, 0) is 32.4 Å². The van der Waals surface area contributed by atoms with E-state index < -0.39 is 18.7 Å². The van der Waals surface area contributed by atoms with Gasteiger partial charge in [-0.2, -0.15) is 18.3 Å². The minimum atomic E-state index is -4.25. The van der Waals surface area contributed by atoms with E-state index in [0.717, 1.165) is 5.69 Å². The largest absolute Gasteiger partial charge is 0.449 e. The number of ether oxygens (including phenoxy) is 1. The first-order valence-electron chi connectivity index (χ1n) is 7.79. The molecule has 0 aliphatic rings. The number of carbonyl (C=O) groups is 1. The Balaban J connectivity index is 2.05. The Labute approximate surface area is 143 Å². The summed E-state index contributed by atoms with van der Waals surface area (Å²) in [6, 6.07) is 3.58. The number of pyridine rings is 1. The molecule has 0 saturated heterocycles. The van der Waals surface area contributed by atoms with Crippen molar-refractivity contribution in [2.24, 2.45) is 0 Å². The molecule has 2 aromatic heterocycles. The van der Waals surface area contributed by atoms with Crippen molar-refractivity contribution in [2.75, 3.05) is 18.1 Å². The zero-order valence-electron chi connectivity index (χ0n) is 14.0. The highest BCUT2D eigenvalue weighted by atomic mass is 19.4. The Morgan fingerprint density at radius 3 is 2.76 bits per heavy atom. The molecular formula is C16H19F3N4O2. The van der Waals surface area contributed by atoms with Gasteiger partial charge in [-0.25, -0.2) is 9.48 Å². The zero-order valence-corrected chi connectivity index (χ0v) is 14.0. The number of halogens is 3. The van der Waals surface area contributed by atoms with Crippen LogP contribution in [0, 0.1) is 6.92 Å². The Kier molecular flexibility index (Phi) is 6.00. The number of aryl methyl sites for hydroxylation is 1. The number of alkyl halides is 3. The van der Waals surface area contributed by atoms with Gasteiger partial charge in [0, 0.05) is 19.2 Å². The number of hydrogen-bond donors (Lipinski definition) is 0. The molecule has 6 nitrogen and oxygen atoms in total. The Bertz CT molecular complexity index is 701. The summed E-state index contributed by atoms with van der Waals surface area (Å²) >= 11 is 0. The average molecular weight is 356 g/mol. The third-order valence-electron chi connectivity index (χ3n) is 3.44. The van der Waals surface area contributed by atoms with E-state index in [0.29, 0.717) is 17.9 Å². The Hall–Kier alpha value is -2.58. The van der Waals surface area contributed by atoms with Gasteiger partial charge in [0.1, 0.15) is 0 Å². The number of rotatable bonds is 6. The number of carbonyl (C=O) groups excluding carboxylic acids is 1. The van der Waals surface area contributed by atoms with Gasteiger partial charge in [0.05, 0.1) is 36.1 Å². The third-order valence-corrected chi connectivity index (χ3v) is 3.44. The van der Waals surface area contributed by atoms with E-state index in [1.807, 2.05) is 6.07 Å². The molecule has 136 valence electrons. The average Bonchev–Trinajstić information content (AvgIpc) is 2.94. The number of anilines is 1. The normalized spacial score (nSPS) is 11.4. The lowest BCUT2D eigenvalue weighted by Gasteiger charge is -2.19. The number of aromatic nitrogens is 3. The molecule has 0 saturated carbocycles. The van der Waals surface area contributed by atoms with E-state index in [9.17, 15) is 18.0 Å². The molecule has 2 rings (SSSR count). The van der Waals surface area contributed by atoms with E-state index in [4.69, 9.17) is 4.74 Å². The van der Waals surface area contributed by atoms with Crippen LogP contribution in [0.1, 0.15) is 25.5 Å². The number of nitrogens with zero attached hydrogens (tertiary/aromatic N) is 4. The van der Waals surface area contributed by atoms with Gasteiger partial charge in [-0.15, -0.1) is 0 Å². The number of amides is 1. The van der Waals surface area contributed by atoms with Crippen molar-refractivity contribution < 1.29 is 22.7 Å². The van der Waals surface area contributed by atoms with Gasteiger partial charge in [-0.1, -0.05) is 0 Å². The summed E-state index contributed by atoms with van der Waals surface area (Å²) in [7, 11) is 0. The third kappa shape index (κ3) is 5.20. The monoisotopic (exact) mass is 356 g/mol. The summed E-state index contributed by atoms with van der Waals surface area (Å²) in [5, 5.41) is 4.34. The Morgan fingerprint density at radius 2 is 2.16 bits per heavy atom. The fraction of sp³-hybridized carbons (Fsp3) is 0.438. The minimum absolute atomic E-state index is 0.263. The number of hydrogen-bond acceptors (Lipinski definition) is 4. The lowest BCUT2D eigenvalue weighted by Crippen LogP contribution is -2.32. The molecule has 2 aromatic rings. The van der Waals surface area contributed by atoms with Crippen LogP contribution < -0.4 is 4.90 Å². The van der Waals surface area contributed by atoms with Gasteiger partial charge in [0.15, 0.2) is 0 Å². The van der Waals surface area contributed by atoms with E-state index >= 15 is 0 Å². The maximum Gasteiger partial charge on any atom is 0.414 e. The van der Waals surface area contributed by atoms with Gasteiger partial charge in [0.25, 0.3) is 0 Å². The van der Waals surface area contributed by atoms with Crippen LogP contribution in [-0.4, -0.2) is 40.2 Å². The van der Waals surface area contributed by atoms with Crippen molar-refractivity contribution in [3.8, 4) is 5.69 Å². The second kappa shape index (κ2) is 8.00. The molecule has 2 heterocycles. The summed E-state index contributed by atoms with van der Waals surface area (Å²) in [5.41, 5.74) is 1.86. The topological polar surface area (TPSA) is 60.2 Å². The molecule has 0 spiro atoms. The van der Waals surface area contributed by atoms with Crippen molar-refractivity contribution in [1.82, 2.24) is 14.8 Å². The van der Waals surface area contributed by atoms with Crippen LogP contribution in [0.15, 0.2) is 30.7 Å². The highest BCUT2D eigenvalue weighted by molar-refractivity contribution is 5.88. The van der Waals surface area contributed by atoms with E-state index in [1.165, 1.54) is 4.90 Å². The molecule has 1 amide bonds. The first-order chi connectivity index (χ1) is 11.8. The van der Waals surface area contributed by atoms with Crippen molar-refractivity contribution in [3.05, 3.63) is 36.4 Å². The molecule has 0 fully saturated rings. The second-order valence-corrected chi connectivity index (χ2v) is 5.33. The second-order valence-electron chi connectivity index (χ2n) is 5.33. The first kappa shape index (κ1) is 18.8. The summed E-state index contributed by atoms with van der Waals surface area (Å²) < 4.78 is 42.9. The van der Waals surface area contributed by atoms with Crippen LogP contribution in [-0.2, 0) is 4.74 Å². The smallest absolute Gasteiger partial charge is 0.414 e. The molecule has 9 heteroatoms. The van der Waals surface area contributed by atoms with Crippen molar-refractivity contribution >= 4 is 11.8 Å². The quantitative estimate of drug-likeness (QED) is 0.737. The SMILES string of the molecule is CCN(C(=O)OCCCC(F)(F)F)c1cn(-c2cccnc2)nc1C. The van der Waals surface area contributed by atoms with Crippen molar-refractivity contribution in [1.29, 1.82) is 0 Å². The van der Waals surface area contributed by atoms with E-state index in [1.54, 1.807) is 43.2 Å². The van der Waals surface area contributed by atoms with E-state index in [-0.39, 0.29) is 13.0 Å². The molecule has 0 radical (unpaired) electrons. The predicted octanol–water partition coefficient (Wildman–Crippen LogP) is 3.88. The van der Waals surface area contributed by atoms with Crippen LogP contribution in [0.25, 0.3) is 5.69 Å². The zero-order chi connectivity index (χ0) is 18.4. The van der Waals surface area contributed by atoms with Crippen molar-refractivity contribution in [2.45, 2.75) is 32.9 Å². The lowest BCUT2D eigenvalue weighted by atomic mass is 10.3. The maximum atomic E-state index is 12.2. The van der Waals surface area contributed by atoms with Crippen LogP contribution >= 0.6 is 0 Å². The van der Waals surface area contributed by atoms with Gasteiger partial charge in [-0.3, -0.25) is 9.88 Å². The molecule has 0 aliphatic carbocycles. The highest BCUT2D eigenvalue weighted by Crippen LogP contribution is 2.23. The van der Waals surface area contributed by atoms with Gasteiger partial charge < -0.3 is 4.74 Å². The molecule has 0 aromatic carbocycles. The predicted molar refractivity (Wildman–Crippen MR) is 85.8 cm³/mol. The molecule has 0 unspecified atom stereocenters. The van der Waals surface area contributed by atoms with Crippen LogP contribution in [0.4, 0.5) is 23.7 Å². The van der Waals surface area contributed by atoms with Crippen LogP contribution in [0.3, 0.4) is 0 Å². The standard InChI is InChI=1S/C16H19F3N4O2/c1-3-22(15(24)25-9-5-7-16(17,18)19)14-11-23(21-12(14)2)13-6-4-8-20-10-13/h4,6,8,10-11H,3,5,7,9H2,1-2H3. The summed E-state index contributed by atoms with van der Waals surface area (Å²) in [6.45, 7) is 3.50. The Morgan fingerprint density at radius 1 is 1.40 bits per heavy atom. The van der Waals surface area contributed by atoms with Gasteiger partial charge in [0.2, 0.25) is 0 Å².